The number of benzene rings is 1. The SMILES string of the molecule is CN=C(NCc1ccc(N2CCN(C)CC2)nc1)Nc1ccc2c(c1)OCCCO2.I. The number of ether oxygens (including phenoxy) is 2. The Morgan fingerprint density at radius 2 is 1.84 bits per heavy atom. The van der Waals surface area contributed by atoms with Gasteiger partial charge in [-0.15, -0.1) is 24.0 Å². The predicted octanol–water partition coefficient (Wildman–Crippen LogP) is 2.80. The van der Waals surface area contributed by atoms with Gasteiger partial charge in [0.05, 0.1) is 13.2 Å². The van der Waals surface area contributed by atoms with E-state index in [2.05, 4.69) is 49.6 Å². The van der Waals surface area contributed by atoms with E-state index in [1.165, 1.54) is 0 Å². The monoisotopic (exact) mass is 538 g/mol. The highest BCUT2D eigenvalue weighted by Gasteiger charge is 2.15. The number of aromatic nitrogens is 1. The fourth-order valence-corrected chi connectivity index (χ4v) is 3.49. The van der Waals surface area contributed by atoms with Gasteiger partial charge in [-0.25, -0.2) is 4.98 Å². The van der Waals surface area contributed by atoms with E-state index < -0.39 is 0 Å². The molecule has 9 heteroatoms. The Labute approximate surface area is 201 Å². The molecule has 0 radical (unpaired) electrons. The van der Waals surface area contributed by atoms with E-state index >= 15 is 0 Å². The summed E-state index contributed by atoms with van der Waals surface area (Å²) in [6, 6.07) is 10.1. The van der Waals surface area contributed by atoms with Crippen molar-refractivity contribution >= 4 is 41.4 Å². The first-order chi connectivity index (χ1) is 14.7. The number of nitrogens with one attached hydrogen (secondary N) is 2. The molecule has 3 heterocycles. The van der Waals surface area contributed by atoms with Gasteiger partial charge in [-0.05, 0) is 30.8 Å². The van der Waals surface area contributed by atoms with Crippen LogP contribution in [-0.4, -0.2) is 69.3 Å². The molecule has 1 aromatic heterocycles. The molecule has 168 valence electrons. The van der Waals surface area contributed by atoms with Crippen LogP contribution in [0.2, 0.25) is 0 Å². The van der Waals surface area contributed by atoms with E-state index in [1.807, 2.05) is 24.4 Å². The Morgan fingerprint density at radius 3 is 2.55 bits per heavy atom. The van der Waals surface area contributed by atoms with Gasteiger partial charge in [-0.2, -0.15) is 0 Å². The fraction of sp³-hybridized carbons (Fsp3) is 0.455. The van der Waals surface area contributed by atoms with Crippen molar-refractivity contribution in [3.05, 3.63) is 42.1 Å². The van der Waals surface area contributed by atoms with Crippen molar-refractivity contribution in [3.8, 4) is 11.5 Å². The first kappa shape index (κ1) is 23.4. The molecule has 0 unspecified atom stereocenters. The molecule has 0 aliphatic carbocycles. The van der Waals surface area contributed by atoms with Crippen LogP contribution in [0.3, 0.4) is 0 Å². The molecule has 0 saturated carbocycles. The van der Waals surface area contributed by atoms with Crippen molar-refractivity contribution in [1.82, 2.24) is 15.2 Å². The third-order valence-electron chi connectivity index (χ3n) is 5.33. The number of pyridine rings is 1. The Balaban J connectivity index is 0.00000272. The number of nitrogens with zero attached hydrogens (tertiary/aromatic N) is 4. The second kappa shape index (κ2) is 11.4. The molecule has 2 aliphatic heterocycles. The number of rotatable bonds is 4. The number of halogens is 1. The Morgan fingerprint density at radius 1 is 1.06 bits per heavy atom. The summed E-state index contributed by atoms with van der Waals surface area (Å²) in [4.78, 5) is 13.6. The van der Waals surface area contributed by atoms with Crippen LogP contribution in [-0.2, 0) is 6.54 Å². The van der Waals surface area contributed by atoms with Crippen LogP contribution in [0.1, 0.15) is 12.0 Å². The molecule has 0 amide bonds. The van der Waals surface area contributed by atoms with Crippen LogP contribution in [0.15, 0.2) is 41.5 Å². The van der Waals surface area contributed by atoms with E-state index in [0.29, 0.717) is 25.7 Å². The summed E-state index contributed by atoms with van der Waals surface area (Å²) in [7, 11) is 3.92. The second-order valence-electron chi connectivity index (χ2n) is 7.58. The Hall–Kier alpha value is -2.27. The van der Waals surface area contributed by atoms with Gasteiger partial charge >= 0.3 is 0 Å². The minimum atomic E-state index is 0. The molecule has 0 spiro atoms. The maximum Gasteiger partial charge on any atom is 0.195 e. The molecule has 1 saturated heterocycles. The number of hydrogen-bond donors (Lipinski definition) is 2. The zero-order chi connectivity index (χ0) is 20.8. The first-order valence-electron chi connectivity index (χ1n) is 10.5. The first-order valence-corrected chi connectivity index (χ1v) is 10.5. The van der Waals surface area contributed by atoms with E-state index in [-0.39, 0.29) is 24.0 Å². The molecule has 2 N–H and O–H groups in total. The van der Waals surface area contributed by atoms with Crippen LogP contribution in [0.25, 0.3) is 0 Å². The van der Waals surface area contributed by atoms with Crippen molar-refractivity contribution in [2.45, 2.75) is 13.0 Å². The van der Waals surface area contributed by atoms with E-state index in [0.717, 1.165) is 61.2 Å². The Bertz CT molecular complexity index is 869. The lowest BCUT2D eigenvalue weighted by Crippen LogP contribution is -2.44. The van der Waals surface area contributed by atoms with Gasteiger partial charge in [0, 0.05) is 64.1 Å². The number of piperazine rings is 1. The lowest BCUT2D eigenvalue weighted by Gasteiger charge is -2.33. The summed E-state index contributed by atoms with van der Waals surface area (Å²) < 4.78 is 11.4. The van der Waals surface area contributed by atoms with E-state index in [9.17, 15) is 0 Å². The van der Waals surface area contributed by atoms with Crippen LogP contribution in [0.4, 0.5) is 11.5 Å². The van der Waals surface area contributed by atoms with Crippen molar-refractivity contribution < 1.29 is 9.47 Å². The number of aliphatic imine (C=N–C) groups is 1. The zero-order valence-electron chi connectivity index (χ0n) is 18.1. The highest BCUT2D eigenvalue weighted by Crippen LogP contribution is 2.32. The third-order valence-corrected chi connectivity index (χ3v) is 5.33. The summed E-state index contributed by atoms with van der Waals surface area (Å²) in [5.74, 6) is 3.28. The summed E-state index contributed by atoms with van der Waals surface area (Å²) >= 11 is 0. The molecule has 2 aromatic rings. The maximum absolute atomic E-state index is 5.76. The highest BCUT2D eigenvalue weighted by atomic mass is 127. The average molecular weight is 538 g/mol. The van der Waals surface area contributed by atoms with Crippen LogP contribution < -0.4 is 25.0 Å². The van der Waals surface area contributed by atoms with Crippen LogP contribution in [0, 0.1) is 0 Å². The molecule has 1 fully saturated rings. The summed E-state index contributed by atoms with van der Waals surface area (Å²) in [5, 5.41) is 6.64. The van der Waals surface area contributed by atoms with Crippen molar-refractivity contribution in [2.24, 2.45) is 4.99 Å². The average Bonchev–Trinajstić information content (AvgIpc) is 3.02. The number of anilines is 2. The minimum absolute atomic E-state index is 0. The molecule has 0 atom stereocenters. The van der Waals surface area contributed by atoms with Crippen molar-refractivity contribution in [3.63, 3.8) is 0 Å². The van der Waals surface area contributed by atoms with Gasteiger partial charge in [0.25, 0.3) is 0 Å². The van der Waals surface area contributed by atoms with Crippen molar-refractivity contribution in [1.29, 1.82) is 0 Å². The van der Waals surface area contributed by atoms with Gasteiger partial charge in [0.1, 0.15) is 5.82 Å². The number of hydrogen-bond acceptors (Lipinski definition) is 6. The van der Waals surface area contributed by atoms with E-state index in [4.69, 9.17) is 9.47 Å². The Kier molecular flexibility index (Phi) is 8.59. The topological polar surface area (TPSA) is 74.3 Å². The molecule has 31 heavy (non-hydrogen) atoms. The highest BCUT2D eigenvalue weighted by molar-refractivity contribution is 14.0. The van der Waals surface area contributed by atoms with Gasteiger partial charge in [-0.1, -0.05) is 6.07 Å². The predicted molar refractivity (Wildman–Crippen MR) is 135 cm³/mol. The molecule has 4 rings (SSSR count). The smallest absolute Gasteiger partial charge is 0.195 e. The molecule has 8 nitrogen and oxygen atoms in total. The fourth-order valence-electron chi connectivity index (χ4n) is 3.49. The molecular formula is C22H31IN6O2. The largest absolute Gasteiger partial charge is 0.490 e. The second-order valence-corrected chi connectivity index (χ2v) is 7.58. The lowest BCUT2D eigenvalue weighted by molar-refractivity contribution is 0.297. The quantitative estimate of drug-likeness (QED) is 0.353. The summed E-state index contributed by atoms with van der Waals surface area (Å²) in [6.07, 6.45) is 2.82. The van der Waals surface area contributed by atoms with Crippen LogP contribution >= 0.6 is 24.0 Å². The summed E-state index contributed by atoms with van der Waals surface area (Å²) in [6.45, 7) is 6.19. The van der Waals surface area contributed by atoms with Gasteiger partial charge < -0.3 is 29.9 Å². The number of guanidine groups is 1. The molecule has 1 aromatic carbocycles. The summed E-state index contributed by atoms with van der Waals surface area (Å²) in [5.41, 5.74) is 2.00. The normalized spacial score (nSPS) is 16.8. The minimum Gasteiger partial charge on any atom is -0.490 e. The molecule has 0 bridgehead atoms. The van der Waals surface area contributed by atoms with Gasteiger partial charge in [0.15, 0.2) is 17.5 Å². The lowest BCUT2D eigenvalue weighted by atomic mass is 10.2. The standard InChI is InChI=1S/C22H30N6O2.HI/c1-23-22(26-18-5-6-19-20(14-18)30-13-3-12-29-19)25-16-17-4-7-21(24-15-17)28-10-8-27(2)9-11-28;/h4-7,14-15H,3,8-13,16H2,1-2H3,(H2,23,25,26);1H. The van der Waals surface area contributed by atoms with Gasteiger partial charge in [-0.3, -0.25) is 4.99 Å². The van der Waals surface area contributed by atoms with Gasteiger partial charge in [0.2, 0.25) is 0 Å². The van der Waals surface area contributed by atoms with Crippen molar-refractivity contribution in [2.75, 3.05) is 63.7 Å². The molecular weight excluding hydrogens is 507 g/mol. The molecule has 2 aliphatic rings. The number of fused-ring (bicyclic) bond motifs is 1. The maximum atomic E-state index is 5.76. The van der Waals surface area contributed by atoms with E-state index in [1.54, 1.807) is 7.05 Å². The number of likely N-dealkylation sites (N-methyl/N-ethyl adjacent to an activating group) is 1. The zero-order valence-corrected chi connectivity index (χ0v) is 20.5. The van der Waals surface area contributed by atoms with Crippen LogP contribution in [0.5, 0.6) is 11.5 Å². The third kappa shape index (κ3) is 6.36.